The zero-order valence-corrected chi connectivity index (χ0v) is 12.0. The van der Waals surface area contributed by atoms with Crippen LogP contribution < -0.4 is 5.32 Å². The summed E-state index contributed by atoms with van der Waals surface area (Å²) in [6.45, 7) is 0.791. The molecule has 0 aliphatic rings. The van der Waals surface area contributed by atoms with Gasteiger partial charge in [0.1, 0.15) is 5.75 Å². The average molecular weight is 311 g/mol. The summed E-state index contributed by atoms with van der Waals surface area (Å²) >= 11 is 0. The van der Waals surface area contributed by atoms with Crippen molar-refractivity contribution in [2.75, 3.05) is 18.5 Å². The van der Waals surface area contributed by atoms with Crippen LogP contribution in [0.3, 0.4) is 0 Å². The van der Waals surface area contributed by atoms with Crippen LogP contribution in [0.2, 0.25) is 0 Å². The van der Waals surface area contributed by atoms with E-state index in [1.54, 1.807) is 0 Å². The lowest BCUT2D eigenvalue weighted by molar-refractivity contribution is 0.311. The molecule has 0 atom stereocenters. The van der Waals surface area contributed by atoms with Gasteiger partial charge in [-0.2, -0.15) is 8.42 Å². The zero-order valence-electron chi connectivity index (χ0n) is 11.2. The highest BCUT2D eigenvalue weighted by atomic mass is 32.2. The van der Waals surface area contributed by atoms with Crippen molar-refractivity contribution in [3.05, 3.63) is 54.6 Å². The topological polar surface area (TPSA) is 107 Å². The Morgan fingerprint density at radius 3 is 2.00 bits per heavy atom. The third kappa shape index (κ3) is 6.75. The first-order chi connectivity index (χ1) is 9.93. The molecule has 0 bridgehead atoms. The number of rotatable bonds is 4. The molecule has 2 rings (SSSR count). The van der Waals surface area contributed by atoms with Gasteiger partial charge < -0.3 is 15.5 Å². The molecular weight excluding hydrogens is 294 g/mol. The van der Waals surface area contributed by atoms with E-state index in [4.69, 9.17) is 14.8 Å². The highest BCUT2D eigenvalue weighted by Gasteiger charge is 2.07. The lowest BCUT2D eigenvalue weighted by Gasteiger charge is -2.01. The van der Waals surface area contributed by atoms with E-state index in [1.165, 1.54) is 12.1 Å². The molecule has 0 aliphatic carbocycles. The second-order valence-electron chi connectivity index (χ2n) is 3.99. The number of aliphatic hydroxyl groups is 1. The van der Waals surface area contributed by atoms with Crippen molar-refractivity contribution in [1.82, 2.24) is 0 Å². The van der Waals surface area contributed by atoms with Crippen LogP contribution in [-0.4, -0.2) is 36.3 Å². The summed E-state index contributed by atoms with van der Waals surface area (Å²) in [6.07, 6.45) is 0. The van der Waals surface area contributed by atoms with E-state index in [0.29, 0.717) is 6.54 Å². The fourth-order valence-electron chi connectivity index (χ4n) is 1.37. The van der Waals surface area contributed by atoms with E-state index in [9.17, 15) is 8.42 Å². The van der Waals surface area contributed by atoms with E-state index in [-0.39, 0.29) is 17.3 Å². The third-order valence-corrected chi connectivity index (χ3v) is 3.22. The zero-order chi connectivity index (χ0) is 15.7. The number of phenols is 1. The molecule has 0 heterocycles. The number of hydrogen-bond acceptors (Lipinski definition) is 5. The molecule has 2 aromatic rings. The molecule has 0 aromatic heterocycles. The number of para-hydroxylation sites is 1. The van der Waals surface area contributed by atoms with Crippen LogP contribution in [0.4, 0.5) is 5.69 Å². The van der Waals surface area contributed by atoms with Crippen molar-refractivity contribution in [1.29, 1.82) is 0 Å². The fourth-order valence-corrected chi connectivity index (χ4v) is 1.85. The van der Waals surface area contributed by atoms with Crippen LogP contribution >= 0.6 is 0 Å². The van der Waals surface area contributed by atoms with Gasteiger partial charge in [-0.3, -0.25) is 4.55 Å². The first kappa shape index (κ1) is 17.0. The Balaban J connectivity index is 0.000000211. The summed E-state index contributed by atoms with van der Waals surface area (Å²) < 4.78 is 29.3. The lowest BCUT2D eigenvalue weighted by Crippen LogP contribution is -2.04. The minimum atomic E-state index is -4.13. The van der Waals surface area contributed by atoms with E-state index < -0.39 is 10.1 Å². The molecule has 0 fully saturated rings. The van der Waals surface area contributed by atoms with Gasteiger partial charge in [-0.05, 0) is 36.4 Å². The number of hydrogen-bond donors (Lipinski definition) is 4. The summed E-state index contributed by atoms with van der Waals surface area (Å²) in [4.78, 5) is -0.227. The Kier molecular flexibility index (Phi) is 6.67. The maximum atomic E-state index is 10.4. The predicted molar refractivity (Wildman–Crippen MR) is 79.9 cm³/mol. The van der Waals surface area contributed by atoms with E-state index >= 15 is 0 Å². The molecule has 0 saturated heterocycles. The van der Waals surface area contributed by atoms with Crippen molar-refractivity contribution >= 4 is 15.8 Å². The fraction of sp³-hybridized carbons (Fsp3) is 0.143. The summed E-state index contributed by atoms with van der Waals surface area (Å²) in [6, 6.07) is 14.4. The second-order valence-corrected chi connectivity index (χ2v) is 5.41. The van der Waals surface area contributed by atoms with Crippen LogP contribution in [0.1, 0.15) is 0 Å². The van der Waals surface area contributed by atoms with Crippen LogP contribution in [0, 0.1) is 0 Å². The molecule has 4 N–H and O–H groups in total. The summed E-state index contributed by atoms with van der Waals surface area (Å²) in [5.74, 6) is -0.0441. The molecule has 0 amide bonds. The van der Waals surface area contributed by atoms with Crippen LogP contribution in [0.5, 0.6) is 5.75 Å². The van der Waals surface area contributed by atoms with Crippen LogP contribution in [0.15, 0.2) is 59.5 Å². The van der Waals surface area contributed by atoms with Gasteiger partial charge in [0.15, 0.2) is 0 Å². The molecule has 6 nitrogen and oxygen atoms in total. The maximum Gasteiger partial charge on any atom is 0.294 e. The first-order valence-corrected chi connectivity index (χ1v) is 7.54. The number of nitrogens with one attached hydrogen (secondary N) is 1. The Hall–Kier alpha value is -2.09. The van der Waals surface area contributed by atoms with Crippen molar-refractivity contribution < 1.29 is 23.2 Å². The molecule has 0 saturated carbocycles. The van der Waals surface area contributed by atoms with Crippen molar-refractivity contribution in [3.63, 3.8) is 0 Å². The number of aliphatic hydroxyl groups excluding tert-OH is 1. The maximum absolute atomic E-state index is 10.4. The Morgan fingerprint density at radius 2 is 1.52 bits per heavy atom. The number of anilines is 1. The summed E-state index contributed by atoms with van der Waals surface area (Å²) in [5.41, 5.74) is 1.05. The quantitative estimate of drug-likeness (QED) is 0.641. The molecule has 0 unspecified atom stereocenters. The average Bonchev–Trinajstić information content (AvgIpc) is 2.46. The van der Waals surface area contributed by atoms with Crippen LogP contribution in [-0.2, 0) is 10.1 Å². The van der Waals surface area contributed by atoms with Crippen molar-refractivity contribution in [2.45, 2.75) is 4.90 Å². The second kappa shape index (κ2) is 8.25. The summed E-state index contributed by atoms with van der Waals surface area (Å²) in [7, 11) is -4.13. The van der Waals surface area contributed by atoms with Crippen LogP contribution in [0.25, 0.3) is 0 Å². The Bertz CT molecular complexity index is 626. The van der Waals surface area contributed by atoms with Gasteiger partial charge in [0.25, 0.3) is 10.1 Å². The lowest BCUT2D eigenvalue weighted by atomic mass is 10.3. The normalized spacial score (nSPS) is 10.4. The van der Waals surface area contributed by atoms with Gasteiger partial charge in [-0.25, -0.2) is 0 Å². The summed E-state index contributed by atoms with van der Waals surface area (Å²) in [5, 5.41) is 20.3. The molecule has 0 aliphatic heterocycles. The molecule has 2 aromatic carbocycles. The molecule has 0 spiro atoms. The predicted octanol–water partition coefficient (Wildman–Crippen LogP) is 1.73. The number of aromatic hydroxyl groups is 1. The van der Waals surface area contributed by atoms with Gasteiger partial charge in [-0.1, -0.05) is 18.2 Å². The molecule has 0 radical (unpaired) electrons. The third-order valence-electron chi connectivity index (χ3n) is 2.35. The molecule has 21 heavy (non-hydrogen) atoms. The van der Waals surface area contributed by atoms with E-state index in [2.05, 4.69) is 5.32 Å². The van der Waals surface area contributed by atoms with Crippen molar-refractivity contribution in [2.24, 2.45) is 0 Å². The van der Waals surface area contributed by atoms with Crippen molar-refractivity contribution in [3.8, 4) is 5.75 Å². The Labute approximate surface area is 123 Å². The highest BCUT2D eigenvalue weighted by Crippen LogP contribution is 2.13. The standard InChI is InChI=1S/C8H11NO.C6H6O4S/c10-7-6-9-8-4-2-1-3-5-8;7-5-1-3-6(4-2-5)11(8,9)10/h1-5,9-10H,6-7H2;1-4,7H,(H,8,9,10). The largest absolute Gasteiger partial charge is 0.508 e. The van der Waals surface area contributed by atoms with E-state index in [0.717, 1.165) is 17.8 Å². The van der Waals surface area contributed by atoms with E-state index in [1.807, 2.05) is 30.3 Å². The number of benzene rings is 2. The minimum Gasteiger partial charge on any atom is -0.508 e. The molecule has 114 valence electrons. The highest BCUT2D eigenvalue weighted by molar-refractivity contribution is 7.85. The van der Waals surface area contributed by atoms with Gasteiger partial charge in [0.05, 0.1) is 11.5 Å². The first-order valence-electron chi connectivity index (χ1n) is 6.10. The minimum absolute atomic E-state index is 0.0441. The van der Waals surface area contributed by atoms with Gasteiger partial charge in [0, 0.05) is 12.2 Å². The molecule has 7 heteroatoms. The van der Waals surface area contributed by atoms with Gasteiger partial charge in [-0.15, -0.1) is 0 Å². The van der Waals surface area contributed by atoms with Gasteiger partial charge >= 0.3 is 0 Å². The number of phenolic OH excluding ortho intramolecular Hbond substituents is 1. The monoisotopic (exact) mass is 311 g/mol. The van der Waals surface area contributed by atoms with Gasteiger partial charge in [0.2, 0.25) is 0 Å². The smallest absolute Gasteiger partial charge is 0.294 e. The Morgan fingerprint density at radius 1 is 0.952 bits per heavy atom. The SMILES string of the molecule is O=S(=O)(O)c1ccc(O)cc1.OCCNc1ccccc1. The molecular formula is C14H17NO5S.